The predicted octanol–water partition coefficient (Wildman–Crippen LogP) is 6.34. The van der Waals surface area contributed by atoms with Crippen molar-refractivity contribution >= 4 is 45.1 Å². The second kappa shape index (κ2) is 7.89. The molecule has 0 aliphatic carbocycles. The van der Waals surface area contributed by atoms with E-state index in [-0.39, 0.29) is 39.0 Å². The summed E-state index contributed by atoms with van der Waals surface area (Å²) >= 11 is 15.0. The van der Waals surface area contributed by atoms with E-state index in [0.717, 1.165) is 20.0 Å². The lowest BCUT2D eigenvalue weighted by molar-refractivity contribution is -0.210. The molecule has 0 fully saturated rings. The first-order valence-electron chi connectivity index (χ1n) is 7.38. The van der Waals surface area contributed by atoms with Gasteiger partial charge in [0.2, 0.25) is 0 Å². The molecular formula is C16H12BrCl2F4NO3. The Morgan fingerprint density at radius 2 is 1.93 bits per heavy atom. The highest BCUT2D eigenvalue weighted by molar-refractivity contribution is 9.10. The minimum absolute atomic E-state index is 0.0308. The van der Waals surface area contributed by atoms with E-state index in [1.807, 2.05) is 0 Å². The second-order valence-electron chi connectivity index (χ2n) is 5.43. The van der Waals surface area contributed by atoms with Gasteiger partial charge in [-0.3, -0.25) is 9.78 Å². The normalized spacial score (nSPS) is 11.6. The lowest BCUT2D eigenvalue weighted by atomic mass is 10.0. The average Bonchev–Trinajstić information content (AvgIpc) is 2.77. The summed E-state index contributed by atoms with van der Waals surface area (Å²) in [5, 5.41) is -0.518. The van der Waals surface area contributed by atoms with Crippen molar-refractivity contribution in [2.75, 3.05) is 0 Å². The Morgan fingerprint density at radius 1 is 1.33 bits per heavy atom. The molecule has 0 aliphatic heterocycles. The minimum atomic E-state index is -4.73. The summed E-state index contributed by atoms with van der Waals surface area (Å²) in [5.74, 6) is -1.90. The van der Waals surface area contributed by atoms with Crippen LogP contribution in [0.5, 0.6) is 5.75 Å². The molecule has 2 aromatic rings. The molecule has 0 saturated heterocycles. The third kappa shape index (κ3) is 4.05. The summed E-state index contributed by atoms with van der Waals surface area (Å²) in [5.41, 5.74) is -1.64. The number of rotatable bonds is 4. The van der Waals surface area contributed by atoms with Crippen LogP contribution in [0.2, 0.25) is 10.2 Å². The van der Waals surface area contributed by atoms with Crippen LogP contribution in [-0.2, 0) is 29.3 Å². The van der Waals surface area contributed by atoms with E-state index >= 15 is 0 Å². The first-order chi connectivity index (χ1) is 12.4. The summed E-state index contributed by atoms with van der Waals surface area (Å²) < 4.78 is 55.2. The number of halogens is 7. The predicted molar refractivity (Wildman–Crippen MR) is 95.3 cm³/mol. The van der Waals surface area contributed by atoms with Crippen LogP contribution in [0.3, 0.4) is 0 Å². The number of nitrogens with zero attached hydrogens (tertiary/aromatic N) is 1. The molecule has 4 nitrogen and oxygen atoms in total. The summed E-state index contributed by atoms with van der Waals surface area (Å²) in [7, 11) is 1.10. The van der Waals surface area contributed by atoms with Gasteiger partial charge in [0.15, 0.2) is 5.75 Å². The van der Waals surface area contributed by atoms with E-state index in [1.54, 1.807) is 6.92 Å². The quantitative estimate of drug-likeness (QED) is 0.284. The standard InChI is InChI=1S/C16H12BrCl2F4NO3/c1-4-7-12(18)9(27-26-6(2)25)5-8(13(7)20)10-11(17)14(16(21,22)23)24(3)15(10)19/h5H,4H2,1-3H3. The number of hydrogen-bond donors (Lipinski definition) is 0. The Hall–Kier alpha value is -1.45. The van der Waals surface area contributed by atoms with Crippen molar-refractivity contribution < 1.29 is 32.1 Å². The largest absolute Gasteiger partial charge is 0.432 e. The first kappa shape index (κ1) is 21.8. The monoisotopic (exact) mass is 491 g/mol. The Morgan fingerprint density at radius 3 is 2.37 bits per heavy atom. The van der Waals surface area contributed by atoms with Crippen LogP contribution in [0.15, 0.2) is 10.5 Å². The van der Waals surface area contributed by atoms with Crippen LogP contribution < -0.4 is 4.89 Å². The zero-order valence-electron chi connectivity index (χ0n) is 14.1. The highest BCUT2D eigenvalue weighted by Gasteiger charge is 2.40. The molecule has 0 radical (unpaired) electrons. The maximum absolute atomic E-state index is 15.0. The van der Waals surface area contributed by atoms with Gasteiger partial charge < -0.3 is 4.57 Å². The van der Waals surface area contributed by atoms with Gasteiger partial charge in [0.25, 0.3) is 0 Å². The minimum Gasteiger partial charge on any atom is -0.330 e. The fourth-order valence-corrected chi connectivity index (χ4v) is 4.08. The van der Waals surface area contributed by atoms with Crippen LogP contribution in [0.1, 0.15) is 25.1 Å². The molecule has 27 heavy (non-hydrogen) atoms. The molecule has 2 rings (SSSR count). The van der Waals surface area contributed by atoms with Crippen molar-refractivity contribution in [2.24, 2.45) is 7.05 Å². The second-order valence-corrected chi connectivity index (χ2v) is 6.95. The van der Waals surface area contributed by atoms with E-state index in [9.17, 15) is 22.4 Å². The van der Waals surface area contributed by atoms with Crippen molar-refractivity contribution in [3.05, 3.63) is 37.8 Å². The average molecular weight is 493 g/mol. The number of carbonyl (C=O) groups is 1. The van der Waals surface area contributed by atoms with Crippen LogP contribution in [0.25, 0.3) is 11.1 Å². The van der Waals surface area contributed by atoms with E-state index in [4.69, 9.17) is 28.1 Å². The van der Waals surface area contributed by atoms with Gasteiger partial charge in [-0.1, -0.05) is 30.1 Å². The van der Waals surface area contributed by atoms with E-state index < -0.39 is 28.1 Å². The molecule has 0 unspecified atom stereocenters. The van der Waals surface area contributed by atoms with Gasteiger partial charge >= 0.3 is 12.1 Å². The molecule has 0 aliphatic rings. The summed E-state index contributed by atoms with van der Waals surface area (Å²) in [6, 6.07) is 1.02. The maximum Gasteiger partial charge on any atom is 0.432 e. The van der Waals surface area contributed by atoms with Gasteiger partial charge in [-0.05, 0) is 28.4 Å². The van der Waals surface area contributed by atoms with Crippen molar-refractivity contribution in [2.45, 2.75) is 26.4 Å². The van der Waals surface area contributed by atoms with Crippen molar-refractivity contribution in [1.82, 2.24) is 4.57 Å². The van der Waals surface area contributed by atoms with Gasteiger partial charge in [-0.2, -0.15) is 13.2 Å². The summed E-state index contributed by atoms with van der Waals surface area (Å²) in [4.78, 5) is 20.2. The van der Waals surface area contributed by atoms with Crippen LogP contribution in [0, 0.1) is 5.82 Å². The zero-order chi connectivity index (χ0) is 20.7. The third-order valence-corrected chi connectivity index (χ3v) is 5.29. The summed E-state index contributed by atoms with van der Waals surface area (Å²) in [6.45, 7) is 2.66. The zero-order valence-corrected chi connectivity index (χ0v) is 17.2. The van der Waals surface area contributed by atoms with Gasteiger partial charge in [0.1, 0.15) is 16.7 Å². The van der Waals surface area contributed by atoms with Crippen LogP contribution in [-0.4, -0.2) is 10.5 Å². The van der Waals surface area contributed by atoms with Gasteiger partial charge in [-0.25, -0.2) is 9.18 Å². The third-order valence-electron chi connectivity index (χ3n) is 3.66. The van der Waals surface area contributed by atoms with Crippen LogP contribution >= 0.6 is 39.1 Å². The van der Waals surface area contributed by atoms with E-state index in [0.29, 0.717) is 4.57 Å². The summed E-state index contributed by atoms with van der Waals surface area (Å²) in [6.07, 6.45) is -4.63. The van der Waals surface area contributed by atoms with Gasteiger partial charge in [0.05, 0.1) is 9.50 Å². The molecule has 148 valence electrons. The van der Waals surface area contributed by atoms with Gasteiger partial charge in [0, 0.05) is 30.7 Å². The lowest BCUT2D eigenvalue weighted by Gasteiger charge is -2.13. The topological polar surface area (TPSA) is 40.5 Å². The molecule has 1 aromatic carbocycles. The Balaban J connectivity index is 2.80. The highest BCUT2D eigenvalue weighted by atomic mass is 79.9. The molecule has 0 N–H and O–H groups in total. The van der Waals surface area contributed by atoms with Gasteiger partial charge in [-0.15, -0.1) is 0 Å². The SMILES string of the molecule is CCc1c(F)c(-c2c(Br)c(C(F)(F)F)n(C)c2Cl)cc(OOC(C)=O)c1Cl. The highest BCUT2D eigenvalue weighted by Crippen LogP contribution is 2.48. The molecule has 0 amide bonds. The van der Waals surface area contributed by atoms with Crippen molar-refractivity contribution in [3.63, 3.8) is 0 Å². The number of alkyl halides is 3. The number of benzene rings is 1. The Kier molecular flexibility index (Phi) is 6.38. The first-order valence-corrected chi connectivity index (χ1v) is 8.93. The maximum atomic E-state index is 15.0. The molecule has 1 aromatic heterocycles. The Labute approximate surface area is 170 Å². The van der Waals surface area contributed by atoms with Crippen molar-refractivity contribution in [1.29, 1.82) is 0 Å². The van der Waals surface area contributed by atoms with Crippen molar-refractivity contribution in [3.8, 4) is 16.9 Å². The fraction of sp³-hybridized carbons (Fsp3) is 0.312. The number of hydrogen-bond acceptors (Lipinski definition) is 3. The molecule has 11 heteroatoms. The molecule has 0 atom stereocenters. The van der Waals surface area contributed by atoms with E-state index in [1.165, 1.54) is 0 Å². The molecule has 0 bridgehead atoms. The number of aromatic nitrogens is 1. The number of carbonyl (C=O) groups excluding carboxylic acids is 1. The lowest BCUT2D eigenvalue weighted by Crippen LogP contribution is -2.11. The molecule has 0 saturated carbocycles. The van der Waals surface area contributed by atoms with Crippen LogP contribution in [0.4, 0.5) is 17.6 Å². The molecular weight excluding hydrogens is 481 g/mol. The molecule has 0 spiro atoms. The van der Waals surface area contributed by atoms with E-state index in [2.05, 4.69) is 20.8 Å². The smallest absolute Gasteiger partial charge is 0.330 e. The fourth-order valence-electron chi connectivity index (χ4n) is 2.49. The Bertz CT molecular complexity index is 913. The molecule has 1 heterocycles.